The molecule has 0 aliphatic rings. The van der Waals surface area contributed by atoms with Crippen molar-refractivity contribution in [3.8, 4) is 0 Å². The first kappa shape index (κ1) is 18.1. The van der Waals surface area contributed by atoms with Crippen LogP contribution in [0.1, 0.15) is 32.8 Å². The van der Waals surface area contributed by atoms with Gasteiger partial charge in [0, 0.05) is 6.04 Å². The Morgan fingerprint density at radius 1 is 1.24 bits per heavy atom. The van der Waals surface area contributed by atoms with Gasteiger partial charge in [-0.1, -0.05) is 57.2 Å². The molecule has 2 atom stereocenters. The Balaban J connectivity index is 2.90. The molecule has 1 aromatic carbocycles. The van der Waals surface area contributed by atoms with E-state index in [9.17, 15) is 0 Å². The van der Waals surface area contributed by atoms with Crippen molar-refractivity contribution in [2.75, 3.05) is 0 Å². The molecular formula is C18H31NOSi. The lowest BCUT2D eigenvalue weighted by molar-refractivity contribution is 0.152. The highest BCUT2D eigenvalue weighted by molar-refractivity contribution is 6.74. The zero-order valence-corrected chi connectivity index (χ0v) is 15.2. The summed E-state index contributed by atoms with van der Waals surface area (Å²) in [5.74, 6) is 0. The number of hydrogen-bond acceptors (Lipinski definition) is 2. The molecule has 0 amide bonds. The first-order valence-corrected chi connectivity index (χ1v) is 10.7. The van der Waals surface area contributed by atoms with Crippen molar-refractivity contribution in [2.24, 2.45) is 5.73 Å². The minimum atomic E-state index is -1.83. The van der Waals surface area contributed by atoms with E-state index in [1.165, 1.54) is 5.56 Å². The fourth-order valence-corrected chi connectivity index (χ4v) is 3.39. The molecule has 2 nitrogen and oxygen atoms in total. The molecule has 0 spiro atoms. The van der Waals surface area contributed by atoms with Crippen molar-refractivity contribution in [3.63, 3.8) is 0 Å². The quantitative estimate of drug-likeness (QED) is 0.593. The van der Waals surface area contributed by atoms with Crippen LogP contribution in [0.4, 0.5) is 0 Å². The maximum absolute atomic E-state index is 6.59. The van der Waals surface area contributed by atoms with Crippen molar-refractivity contribution < 1.29 is 4.43 Å². The minimum Gasteiger partial charge on any atom is -0.412 e. The van der Waals surface area contributed by atoms with Gasteiger partial charge < -0.3 is 10.2 Å². The van der Waals surface area contributed by atoms with E-state index >= 15 is 0 Å². The Kier molecular flexibility index (Phi) is 6.38. The molecule has 3 heteroatoms. The molecule has 1 rings (SSSR count). The topological polar surface area (TPSA) is 35.2 Å². The number of rotatable bonds is 7. The van der Waals surface area contributed by atoms with Crippen LogP contribution in [-0.2, 0) is 10.8 Å². The molecule has 0 aliphatic carbocycles. The van der Waals surface area contributed by atoms with E-state index in [4.69, 9.17) is 10.2 Å². The molecule has 2 N–H and O–H groups in total. The van der Waals surface area contributed by atoms with E-state index in [0.717, 1.165) is 12.8 Å². The summed E-state index contributed by atoms with van der Waals surface area (Å²) >= 11 is 0. The van der Waals surface area contributed by atoms with Crippen LogP contribution in [0.5, 0.6) is 0 Å². The number of nitrogens with two attached hydrogens (primary N) is 1. The Morgan fingerprint density at radius 3 is 2.29 bits per heavy atom. The van der Waals surface area contributed by atoms with Crippen LogP contribution < -0.4 is 5.73 Å². The van der Waals surface area contributed by atoms with Gasteiger partial charge in [0.15, 0.2) is 8.32 Å². The molecule has 0 heterocycles. The second-order valence-corrected chi connectivity index (χ2v) is 12.1. The van der Waals surface area contributed by atoms with Crippen molar-refractivity contribution in [1.82, 2.24) is 0 Å². The molecule has 0 fully saturated rings. The average Bonchev–Trinajstić information content (AvgIpc) is 2.38. The third kappa shape index (κ3) is 5.42. The van der Waals surface area contributed by atoms with Gasteiger partial charge in [0.25, 0.3) is 0 Å². The maximum Gasteiger partial charge on any atom is 0.192 e. The predicted octanol–water partition coefficient (Wildman–Crippen LogP) is 4.52. The lowest BCUT2D eigenvalue weighted by Gasteiger charge is -2.41. The zero-order valence-electron chi connectivity index (χ0n) is 14.2. The van der Waals surface area contributed by atoms with Crippen LogP contribution in [0.3, 0.4) is 0 Å². The number of benzene rings is 1. The van der Waals surface area contributed by atoms with Crippen molar-refractivity contribution in [1.29, 1.82) is 0 Å². The summed E-state index contributed by atoms with van der Waals surface area (Å²) in [5, 5.41) is 0.190. The molecule has 0 radical (unpaired) electrons. The molecular weight excluding hydrogens is 274 g/mol. The van der Waals surface area contributed by atoms with E-state index in [-0.39, 0.29) is 17.2 Å². The lowest BCUT2D eigenvalue weighted by atomic mass is 10.0. The third-order valence-electron chi connectivity index (χ3n) is 4.45. The summed E-state index contributed by atoms with van der Waals surface area (Å²) in [6.45, 7) is 15.2. The summed E-state index contributed by atoms with van der Waals surface area (Å²) in [7, 11) is -1.83. The van der Waals surface area contributed by atoms with Gasteiger partial charge >= 0.3 is 0 Å². The molecule has 0 unspecified atom stereocenters. The predicted molar refractivity (Wildman–Crippen MR) is 95.0 cm³/mol. The SMILES string of the molecule is C=CC[C@H](N)[C@H](Cc1ccccc1)O[Si](C)(C)C(C)(C)C. The molecule has 118 valence electrons. The molecule has 0 saturated heterocycles. The lowest BCUT2D eigenvalue weighted by Crippen LogP contribution is -2.50. The van der Waals surface area contributed by atoms with Crippen molar-refractivity contribution in [2.45, 2.75) is 63.9 Å². The van der Waals surface area contributed by atoms with E-state index in [0.29, 0.717) is 0 Å². The first-order valence-electron chi connectivity index (χ1n) is 7.75. The fraction of sp³-hybridized carbons (Fsp3) is 0.556. The van der Waals surface area contributed by atoms with Crippen molar-refractivity contribution in [3.05, 3.63) is 48.6 Å². The van der Waals surface area contributed by atoms with E-state index in [1.807, 2.05) is 12.1 Å². The summed E-state index contributed by atoms with van der Waals surface area (Å²) in [5.41, 5.74) is 7.63. The summed E-state index contributed by atoms with van der Waals surface area (Å²) in [6, 6.07) is 10.5. The molecule has 21 heavy (non-hydrogen) atoms. The van der Waals surface area contributed by atoms with Crippen LogP contribution in [0.15, 0.2) is 43.0 Å². The zero-order chi connectivity index (χ0) is 16.1. The second kappa shape index (κ2) is 7.39. The molecule has 0 aromatic heterocycles. The van der Waals surface area contributed by atoms with Crippen LogP contribution in [0.25, 0.3) is 0 Å². The highest BCUT2D eigenvalue weighted by Crippen LogP contribution is 2.38. The van der Waals surface area contributed by atoms with Crippen LogP contribution in [0.2, 0.25) is 18.1 Å². The van der Waals surface area contributed by atoms with Crippen LogP contribution in [0, 0.1) is 0 Å². The normalized spacial score (nSPS) is 15.5. The van der Waals surface area contributed by atoms with Gasteiger partial charge in [0.05, 0.1) is 6.10 Å². The van der Waals surface area contributed by atoms with Crippen LogP contribution >= 0.6 is 0 Å². The second-order valence-electron chi connectivity index (χ2n) is 7.29. The standard InChI is InChI=1S/C18H31NOSi/c1-7-11-16(19)17(14-15-12-9-8-10-13-15)20-21(5,6)18(2,3)4/h7-10,12-13,16-17H,1,11,14,19H2,2-6H3/t16-,17-/m0/s1. The molecule has 1 aromatic rings. The highest BCUT2D eigenvalue weighted by atomic mass is 28.4. The van der Waals surface area contributed by atoms with Gasteiger partial charge in [-0.3, -0.25) is 0 Å². The fourth-order valence-electron chi connectivity index (χ4n) is 2.03. The smallest absolute Gasteiger partial charge is 0.192 e. The summed E-state index contributed by atoms with van der Waals surface area (Å²) < 4.78 is 6.59. The van der Waals surface area contributed by atoms with Gasteiger partial charge in [0.2, 0.25) is 0 Å². The Bertz CT molecular complexity index is 436. The largest absolute Gasteiger partial charge is 0.412 e. The minimum absolute atomic E-state index is 0.00293. The molecule has 0 bridgehead atoms. The average molecular weight is 306 g/mol. The van der Waals surface area contributed by atoms with Crippen molar-refractivity contribution >= 4 is 8.32 Å². The van der Waals surface area contributed by atoms with Crippen LogP contribution in [-0.4, -0.2) is 20.5 Å². The van der Waals surface area contributed by atoms with E-state index in [1.54, 1.807) is 0 Å². The van der Waals surface area contributed by atoms with Gasteiger partial charge in [-0.25, -0.2) is 0 Å². The Morgan fingerprint density at radius 2 is 1.81 bits per heavy atom. The first-order chi connectivity index (χ1) is 9.67. The maximum atomic E-state index is 6.59. The summed E-state index contributed by atoms with van der Waals surface area (Å²) in [6.07, 6.45) is 3.58. The molecule has 0 saturated carbocycles. The highest BCUT2D eigenvalue weighted by Gasteiger charge is 2.40. The Hall–Kier alpha value is -0.903. The van der Waals surface area contributed by atoms with Gasteiger partial charge in [-0.2, -0.15) is 0 Å². The van der Waals surface area contributed by atoms with Gasteiger partial charge in [-0.05, 0) is 36.5 Å². The number of hydrogen-bond donors (Lipinski definition) is 1. The van der Waals surface area contributed by atoms with Gasteiger partial charge in [0.1, 0.15) is 0 Å². The van der Waals surface area contributed by atoms with E-state index in [2.05, 4.69) is 64.7 Å². The van der Waals surface area contributed by atoms with Gasteiger partial charge in [-0.15, -0.1) is 6.58 Å². The monoisotopic (exact) mass is 305 g/mol. The molecule has 0 aliphatic heterocycles. The summed E-state index contributed by atoms with van der Waals surface area (Å²) in [4.78, 5) is 0. The Labute approximate surface area is 131 Å². The third-order valence-corrected chi connectivity index (χ3v) is 8.95. The van der Waals surface area contributed by atoms with E-state index < -0.39 is 8.32 Å².